The third-order valence-corrected chi connectivity index (χ3v) is 5.38. The van der Waals surface area contributed by atoms with E-state index < -0.39 is 15.6 Å². The number of fused-ring (bicyclic) bond motifs is 2. The number of rotatable bonds is 3. The summed E-state index contributed by atoms with van der Waals surface area (Å²) < 4.78 is 66.6. The molecule has 0 atom stereocenters. The molecule has 0 radical (unpaired) electrons. The van der Waals surface area contributed by atoms with E-state index in [0.717, 1.165) is 16.2 Å². The van der Waals surface area contributed by atoms with E-state index in [9.17, 15) is 21.6 Å². The molecule has 7 heteroatoms. The molecule has 0 unspecified atom stereocenters. The summed E-state index contributed by atoms with van der Waals surface area (Å²) in [5.74, 6) is -0.368. The molecular formula is C21H13F3O3S. The van der Waals surface area contributed by atoms with Crippen LogP contribution in [-0.2, 0) is 10.1 Å². The molecule has 142 valence electrons. The van der Waals surface area contributed by atoms with Crippen LogP contribution in [0.5, 0.6) is 5.75 Å². The third-order valence-electron chi connectivity index (χ3n) is 4.41. The second-order valence-electron chi connectivity index (χ2n) is 6.21. The lowest BCUT2D eigenvalue weighted by Gasteiger charge is -2.16. The van der Waals surface area contributed by atoms with Crippen molar-refractivity contribution in [2.75, 3.05) is 0 Å². The molecule has 0 amide bonds. The van der Waals surface area contributed by atoms with E-state index in [1.54, 1.807) is 48.5 Å². The summed E-state index contributed by atoms with van der Waals surface area (Å²) in [6.07, 6.45) is 0. The van der Waals surface area contributed by atoms with Crippen LogP contribution in [-0.4, -0.2) is 13.9 Å². The first kappa shape index (κ1) is 18.3. The molecule has 0 aliphatic carbocycles. The molecule has 0 bridgehead atoms. The predicted octanol–water partition coefficient (Wildman–Crippen LogP) is 5.89. The van der Waals surface area contributed by atoms with Gasteiger partial charge >= 0.3 is 15.6 Å². The van der Waals surface area contributed by atoms with Crippen LogP contribution in [0.2, 0.25) is 0 Å². The molecule has 0 aliphatic rings. The number of halogens is 3. The lowest BCUT2D eigenvalue weighted by atomic mass is 9.95. The van der Waals surface area contributed by atoms with Crippen molar-refractivity contribution in [3.8, 4) is 16.9 Å². The van der Waals surface area contributed by atoms with Crippen LogP contribution < -0.4 is 4.18 Å². The summed E-state index contributed by atoms with van der Waals surface area (Å²) in [5.41, 5.74) is -4.67. The van der Waals surface area contributed by atoms with Crippen molar-refractivity contribution in [2.45, 2.75) is 5.51 Å². The van der Waals surface area contributed by atoms with Crippen molar-refractivity contribution in [1.82, 2.24) is 0 Å². The maximum absolute atomic E-state index is 12.9. The molecule has 0 aromatic heterocycles. The molecule has 28 heavy (non-hydrogen) atoms. The fraction of sp³-hybridized carbons (Fsp3) is 0.0476. The molecule has 4 aromatic carbocycles. The summed E-state index contributed by atoms with van der Waals surface area (Å²) in [5, 5.41) is 2.97. The Balaban J connectivity index is 2.01. The average molecular weight is 402 g/mol. The summed E-state index contributed by atoms with van der Waals surface area (Å²) in [7, 11) is -5.80. The van der Waals surface area contributed by atoms with Gasteiger partial charge in [-0.2, -0.15) is 21.6 Å². The maximum Gasteiger partial charge on any atom is 0.534 e. The second-order valence-corrected chi connectivity index (χ2v) is 7.74. The summed E-state index contributed by atoms with van der Waals surface area (Å²) in [6, 6.07) is 22.6. The zero-order valence-corrected chi connectivity index (χ0v) is 15.1. The monoisotopic (exact) mass is 402 g/mol. The van der Waals surface area contributed by atoms with Crippen molar-refractivity contribution in [3.05, 3.63) is 78.9 Å². The largest absolute Gasteiger partial charge is 0.534 e. The molecule has 4 aromatic rings. The van der Waals surface area contributed by atoms with E-state index in [2.05, 4.69) is 4.18 Å². The SMILES string of the molecule is O=S(=O)(Oc1cc2ccccc2cc1-c1cccc2ccccc12)C(F)(F)F. The van der Waals surface area contributed by atoms with Crippen LogP contribution in [0.4, 0.5) is 13.2 Å². The molecule has 0 saturated heterocycles. The van der Waals surface area contributed by atoms with Gasteiger partial charge in [-0.15, -0.1) is 0 Å². The van der Waals surface area contributed by atoms with Crippen LogP contribution in [0.3, 0.4) is 0 Å². The maximum atomic E-state index is 12.9. The van der Waals surface area contributed by atoms with Gasteiger partial charge in [0.1, 0.15) is 0 Å². The van der Waals surface area contributed by atoms with Gasteiger partial charge in [0.2, 0.25) is 0 Å². The Labute approximate surface area is 159 Å². The topological polar surface area (TPSA) is 43.4 Å². The standard InChI is InChI=1S/C21H13F3O3S/c22-21(23,24)28(25,26)27-20-13-16-8-2-1-7-15(16)12-19(20)18-11-5-9-14-6-3-4-10-17(14)18/h1-13H. The van der Waals surface area contributed by atoms with Gasteiger partial charge in [-0.05, 0) is 39.2 Å². The minimum absolute atomic E-state index is 0.267. The second kappa shape index (κ2) is 6.53. The van der Waals surface area contributed by atoms with Crippen LogP contribution in [0.15, 0.2) is 78.9 Å². The van der Waals surface area contributed by atoms with Gasteiger partial charge in [0.05, 0.1) is 0 Å². The molecule has 0 saturated carbocycles. The lowest BCUT2D eigenvalue weighted by Crippen LogP contribution is -2.28. The molecule has 3 nitrogen and oxygen atoms in total. The summed E-state index contributed by atoms with van der Waals surface area (Å²) in [4.78, 5) is 0. The third kappa shape index (κ3) is 3.18. The van der Waals surface area contributed by atoms with Gasteiger partial charge in [-0.1, -0.05) is 66.7 Å². The Bertz CT molecular complexity index is 1290. The first-order valence-corrected chi connectivity index (χ1v) is 9.69. The van der Waals surface area contributed by atoms with Gasteiger partial charge in [-0.3, -0.25) is 0 Å². The van der Waals surface area contributed by atoms with Crippen molar-refractivity contribution in [1.29, 1.82) is 0 Å². The van der Waals surface area contributed by atoms with E-state index in [-0.39, 0.29) is 11.3 Å². The van der Waals surface area contributed by atoms with E-state index in [1.807, 2.05) is 24.3 Å². The zero-order chi connectivity index (χ0) is 19.9. The minimum Gasteiger partial charge on any atom is -0.375 e. The predicted molar refractivity (Wildman–Crippen MR) is 102 cm³/mol. The summed E-state index contributed by atoms with van der Waals surface area (Å²) in [6.45, 7) is 0. The zero-order valence-electron chi connectivity index (χ0n) is 14.3. The molecule has 0 aliphatic heterocycles. The van der Waals surface area contributed by atoms with E-state index in [4.69, 9.17) is 0 Å². The quantitative estimate of drug-likeness (QED) is 0.317. The van der Waals surface area contributed by atoms with Gasteiger partial charge in [0.25, 0.3) is 0 Å². The fourth-order valence-corrected chi connectivity index (χ4v) is 3.59. The number of alkyl halides is 3. The number of hydrogen-bond acceptors (Lipinski definition) is 3. The lowest BCUT2D eigenvalue weighted by molar-refractivity contribution is -0.0499. The molecule has 0 N–H and O–H groups in total. The van der Waals surface area contributed by atoms with Crippen LogP contribution in [0.1, 0.15) is 0 Å². The highest BCUT2D eigenvalue weighted by Gasteiger charge is 2.48. The number of benzene rings is 4. The Hall–Kier alpha value is -3.06. The van der Waals surface area contributed by atoms with Crippen molar-refractivity contribution in [2.24, 2.45) is 0 Å². The van der Waals surface area contributed by atoms with Crippen molar-refractivity contribution >= 4 is 31.7 Å². The van der Waals surface area contributed by atoms with E-state index in [1.165, 1.54) is 6.07 Å². The van der Waals surface area contributed by atoms with Crippen LogP contribution in [0, 0.1) is 0 Å². The Morgan fingerprint density at radius 1 is 0.679 bits per heavy atom. The van der Waals surface area contributed by atoms with Gasteiger partial charge in [-0.25, -0.2) is 0 Å². The first-order chi connectivity index (χ1) is 13.3. The fourth-order valence-electron chi connectivity index (χ4n) is 3.12. The Morgan fingerprint density at radius 3 is 1.93 bits per heavy atom. The first-order valence-electron chi connectivity index (χ1n) is 8.28. The highest BCUT2D eigenvalue weighted by molar-refractivity contribution is 7.88. The normalized spacial score (nSPS) is 12.4. The molecule has 0 heterocycles. The van der Waals surface area contributed by atoms with Crippen molar-refractivity contribution < 1.29 is 25.8 Å². The molecule has 0 spiro atoms. The average Bonchev–Trinajstić information content (AvgIpc) is 2.66. The Morgan fingerprint density at radius 2 is 1.25 bits per heavy atom. The van der Waals surface area contributed by atoms with Gasteiger partial charge in [0, 0.05) is 5.56 Å². The Kier molecular flexibility index (Phi) is 4.27. The molecule has 0 fully saturated rings. The van der Waals surface area contributed by atoms with Gasteiger partial charge in [0.15, 0.2) is 5.75 Å². The highest BCUT2D eigenvalue weighted by atomic mass is 32.2. The molecular weight excluding hydrogens is 389 g/mol. The number of hydrogen-bond donors (Lipinski definition) is 0. The van der Waals surface area contributed by atoms with Crippen molar-refractivity contribution in [3.63, 3.8) is 0 Å². The van der Waals surface area contributed by atoms with E-state index >= 15 is 0 Å². The highest BCUT2D eigenvalue weighted by Crippen LogP contribution is 2.40. The van der Waals surface area contributed by atoms with Crippen LogP contribution in [0.25, 0.3) is 32.7 Å². The smallest absolute Gasteiger partial charge is 0.375 e. The minimum atomic E-state index is -5.80. The van der Waals surface area contributed by atoms with E-state index in [0.29, 0.717) is 10.9 Å². The molecule has 4 rings (SSSR count). The van der Waals surface area contributed by atoms with Gasteiger partial charge < -0.3 is 4.18 Å². The van der Waals surface area contributed by atoms with Crippen LogP contribution >= 0.6 is 0 Å². The summed E-state index contributed by atoms with van der Waals surface area (Å²) >= 11 is 0.